The molecule has 2 atom stereocenters. The van der Waals surface area contributed by atoms with Crippen molar-refractivity contribution in [2.45, 2.75) is 57.7 Å². The van der Waals surface area contributed by atoms with Gasteiger partial charge in [0, 0.05) is 48.0 Å². The fraction of sp³-hybridized carbons (Fsp3) is 0.765. The van der Waals surface area contributed by atoms with Gasteiger partial charge in [-0.05, 0) is 38.8 Å². The molecule has 1 aromatic heterocycles. The van der Waals surface area contributed by atoms with Crippen molar-refractivity contribution >= 4 is 11.3 Å². The van der Waals surface area contributed by atoms with Crippen LogP contribution in [0.15, 0.2) is 12.1 Å². The maximum atomic E-state index is 6.32. The molecular weight excluding hydrogens is 278 g/mol. The lowest BCUT2D eigenvalue weighted by atomic mass is 10.1. The molecule has 2 N–H and O–H groups in total. The van der Waals surface area contributed by atoms with E-state index in [1.807, 2.05) is 11.3 Å². The zero-order chi connectivity index (χ0) is 14.8. The van der Waals surface area contributed by atoms with Gasteiger partial charge in [-0.3, -0.25) is 9.80 Å². The Kier molecular flexibility index (Phi) is 4.99. The molecule has 0 bridgehead atoms. The van der Waals surface area contributed by atoms with Gasteiger partial charge in [0.2, 0.25) is 0 Å². The van der Waals surface area contributed by atoms with Crippen LogP contribution in [-0.2, 0) is 0 Å². The van der Waals surface area contributed by atoms with Crippen LogP contribution < -0.4 is 5.73 Å². The quantitative estimate of drug-likeness (QED) is 0.928. The average Bonchev–Trinajstić information content (AvgIpc) is 3.11. The van der Waals surface area contributed by atoms with Crippen LogP contribution >= 0.6 is 11.3 Å². The van der Waals surface area contributed by atoms with E-state index in [9.17, 15) is 0 Å². The Balaban J connectivity index is 1.63. The van der Waals surface area contributed by atoms with E-state index in [-0.39, 0.29) is 6.04 Å². The number of thiophene rings is 1. The average molecular weight is 308 g/mol. The summed E-state index contributed by atoms with van der Waals surface area (Å²) in [6.07, 6.45) is 5.70. The smallest absolute Gasteiger partial charge is 0.0591 e. The highest BCUT2D eigenvalue weighted by atomic mass is 32.1. The third-order valence-electron chi connectivity index (χ3n) is 5.13. The van der Waals surface area contributed by atoms with Crippen LogP contribution in [0.2, 0.25) is 0 Å². The van der Waals surface area contributed by atoms with Gasteiger partial charge in [-0.1, -0.05) is 12.8 Å². The molecule has 2 unspecified atom stereocenters. The van der Waals surface area contributed by atoms with E-state index in [0.29, 0.717) is 6.04 Å². The molecule has 1 aliphatic carbocycles. The topological polar surface area (TPSA) is 32.5 Å². The summed E-state index contributed by atoms with van der Waals surface area (Å²) in [4.78, 5) is 8.17. The van der Waals surface area contributed by atoms with Crippen LogP contribution in [0.3, 0.4) is 0 Å². The highest BCUT2D eigenvalue weighted by Gasteiger charge is 2.31. The molecule has 1 saturated carbocycles. The van der Waals surface area contributed by atoms with Gasteiger partial charge in [-0.25, -0.2) is 0 Å². The molecular formula is C17H29N3S. The molecule has 0 amide bonds. The first-order valence-electron chi connectivity index (χ1n) is 8.45. The number of hydrogen-bond acceptors (Lipinski definition) is 4. The molecule has 1 aliphatic heterocycles. The van der Waals surface area contributed by atoms with Crippen molar-refractivity contribution in [1.82, 2.24) is 9.80 Å². The van der Waals surface area contributed by atoms with E-state index in [2.05, 4.69) is 35.8 Å². The first kappa shape index (κ1) is 15.5. The molecule has 0 spiro atoms. The van der Waals surface area contributed by atoms with E-state index in [1.54, 1.807) is 0 Å². The van der Waals surface area contributed by atoms with Gasteiger partial charge >= 0.3 is 0 Å². The second-order valence-corrected chi connectivity index (χ2v) is 8.08. The van der Waals surface area contributed by atoms with Crippen molar-refractivity contribution < 1.29 is 0 Å². The van der Waals surface area contributed by atoms with Crippen molar-refractivity contribution in [2.75, 3.05) is 26.2 Å². The first-order valence-corrected chi connectivity index (χ1v) is 9.27. The molecule has 4 heteroatoms. The third-order valence-corrected chi connectivity index (χ3v) is 6.21. The Morgan fingerprint density at radius 2 is 1.81 bits per heavy atom. The lowest BCUT2D eigenvalue weighted by Crippen LogP contribution is -2.52. The minimum absolute atomic E-state index is 0.195. The first-order chi connectivity index (χ1) is 10.1. The summed E-state index contributed by atoms with van der Waals surface area (Å²) in [5.74, 6) is 0. The molecule has 2 aliphatic rings. The molecule has 1 saturated heterocycles. The summed E-state index contributed by atoms with van der Waals surface area (Å²) < 4.78 is 0. The van der Waals surface area contributed by atoms with Gasteiger partial charge in [0.1, 0.15) is 0 Å². The predicted octanol–water partition coefficient (Wildman–Crippen LogP) is 3.01. The van der Waals surface area contributed by atoms with Crippen LogP contribution in [0.4, 0.5) is 0 Å². The number of piperazine rings is 1. The molecule has 2 heterocycles. The van der Waals surface area contributed by atoms with E-state index >= 15 is 0 Å². The van der Waals surface area contributed by atoms with Crippen molar-refractivity contribution in [2.24, 2.45) is 5.73 Å². The minimum Gasteiger partial charge on any atom is -0.326 e. The van der Waals surface area contributed by atoms with Crippen molar-refractivity contribution in [1.29, 1.82) is 0 Å². The summed E-state index contributed by atoms with van der Waals surface area (Å²) in [7, 11) is 0. The number of hydrogen-bond donors (Lipinski definition) is 1. The molecule has 118 valence electrons. The molecule has 1 aromatic rings. The Hall–Kier alpha value is -0.420. The summed E-state index contributed by atoms with van der Waals surface area (Å²) >= 11 is 1.91. The van der Waals surface area contributed by atoms with E-state index in [1.165, 1.54) is 61.6 Å². The standard InChI is InChI=1S/C17H29N3S/c1-13-7-8-16(21-13)17(14(2)18)20-11-9-19(10-12-20)15-5-3-4-6-15/h7-8,14-15,17H,3-6,9-12,18H2,1-2H3. The molecule has 3 nitrogen and oxygen atoms in total. The highest BCUT2D eigenvalue weighted by molar-refractivity contribution is 7.12. The third kappa shape index (κ3) is 3.50. The van der Waals surface area contributed by atoms with Gasteiger partial charge in [0.05, 0.1) is 6.04 Å². The van der Waals surface area contributed by atoms with Gasteiger partial charge in [-0.15, -0.1) is 11.3 Å². The Morgan fingerprint density at radius 1 is 1.14 bits per heavy atom. The lowest BCUT2D eigenvalue weighted by Gasteiger charge is -2.42. The van der Waals surface area contributed by atoms with Gasteiger partial charge in [0.15, 0.2) is 0 Å². The SMILES string of the molecule is Cc1ccc(C(C(C)N)N2CCN(C3CCCC3)CC2)s1. The molecule has 3 rings (SSSR count). The Morgan fingerprint density at radius 3 is 2.33 bits per heavy atom. The zero-order valence-electron chi connectivity index (χ0n) is 13.4. The molecule has 0 radical (unpaired) electrons. The monoisotopic (exact) mass is 307 g/mol. The largest absolute Gasteiger partial charge is 0.326 e. The Labute approximate surface area is 133 Å². The van der Waals surface area contributed by atoms with E-state index in [4.69, 9.17) is 5.73 Å². The van der Waals surface area contributed by atoms with Crippen LogP contribution in [0.1, 0.15) is 48.4 Å². The molecule has 21 heavy (non-hydrogen) atoms. The second kappa shape index (κ2) is 6.78. The van der Waals surface area contributed by atoms with Crippen LogP contribution in [0.5, 0.6) is 0 Å². The summed E-state index contributed by atoms with van der Waals surface area (Å²) in [5.41, 5.74) is 6.32. The van der Waals surface area contributed by atoms with Crippen molar-refractivity contribution in [3.8, 4) is 0 Å². The summed E-state index contributed by atoms with van der Waals surface area (Å²) in [5, 5.41) is 0. The second-order valence-electron chi connectivity index (χ2n) is 6.76. The maximum absolute atomic E-state index is 6.32. The minimum atomic E-state index is 0.195. The lowest BCUT2D eigenvalue weighted by molar-refractivity contribution is 0.0645. The Bertz CT molecular complexity index is 443. The number of nitrogens with zero attached hydrogens (tertiary/aromatic N) is 2. The van der Waals surface area contributed by atoms with Gasteiger partial charge in [0.25, 0.3) is 0 Å². The van der Waals surface area contributed by atoms with Gasteiger partial charge < -0.3 is 5.73 Å². The van der Waals surface area contributed by atoms with Crippen molar-refractivity contribution in [3.63, 3.8) is 0 Å². The molecule has 0 aromatic carbocycles. The summed E-state index contributed by atoms with van der Waals surface area (Å²) in [6, 6.07) is 5.96. The van der Waals surface area contributed by atoms with E-state index in [0.717, 1.165) is 6.04 Å². The van der Waals surface area contributed by atoms with Crippen molar-refractivity contribution in [3.05, 3.63) is 21.9 Å². The predicted molar refractivity (Wildman–Crippen MR) is 90.8 cm³/mol. The number of aryl methyl sites for hydroxylation is 1. The maximum Gasteiger partial charge on any atom is 0.0591 e. The normalized spacial score (nSPS) is 25.3. The van der Waals surface area contributed by atoms with Crippen LogP contribution in [0.25, 0.3) is 0 Å². The van der Waals surface area contributed by atoms with Crippen LogP contribution in [0, 0.1) is 6.92 Å². The highest BCUT2D eigenvalue weighted by Crippen LogP contribution is 2.31. The number of rotatable bonds is 4. The fourth-order valence-corrected chi connectivity index (χ4v) is 5.16. The van der Waals surface area contributed by atoms with Gasteiger partial charge in [-0.2, -0.15) is 0 Å². The fourth-order valence-electron chi connectivity index (χ4n) is 4.03. The number of nitrogens with two attached hydrogens (primary N) is 1. The molecule has 2 fully saturated rings. The van der Waals surface area contributed by atoms with E-state index < -0.39 is 0 Å². The summed E-state index contributed by atoms with van der Waals surface area (Å²) in [6.45, 7) is 9.11. The zero-order valence-corrected chi connectivity index (χ0v) is 14.2. The van der Waals surface area contributed by atoms with Crippen LogP contribution in [-0.4, -0.2) is 48.1 Å².